The number of carboxylic acid groups (broad SMARTS) is 1. The number of carbonyl (C=O) groups is 3. The van der Waals surface area contributed by atoms with Gasteiger partial charge in [-0.2, -0.15) is 0 Å². The molecule has 0 fully saturated rings. The normalized spacial score (nSPS) is 11.9. The summed E-state index contributed by atoms with van der Waals surface area (Å²) in [6.45, 7) is 3.19. The molecule has 1 heterocycles. The Morgan fingerprint density at radius 1 is 1.11 bits per heavy atom. The Balaban J connectivity index is 2.06. The second-order valence-corrected chi connectivity index (χ2v) is 6.08. The van der Waals surface area contributed by atoms with Crippen molar-refractivity contribution < 1.29 is 32.7 Å². The Labute approximate surface area is 153 Å². The van der Waals surface area contributed by atoms with Crippen LogP contribution in [0, 0.1) is 17.6 Å². The number of rotatable bonds is 7. The molecule has 0 aliphatic rings. The molecule has 1 aromatic carbocycles. The number of furan rings is 1. The first kappa shape index (κ1) is 20.1. The lowest BCUT2D eigenvalue weighted by Gasteiger charge is -2.21. The molecule has 2 amide bonds. The smallest absolute Gasteiger partial charge is 0.371 e. The quantitative estimate of drug-likeness (QED) is 0.683. The summed E-state index contributed by atoms with van der Waals surface area (Å²) < 4.78 is 32.5. The van der Waals surface area contributed by atoms with E-state index in [2.05, 4.69) is 10.6 Å². The molecule has 1 unspecified atom stereocenters. The van der Waals surface area contributed by atoms with Crippen LogP contribution in [0.1, 0.15) is 40.5 Å². The van der Waals surface area contributed by atoms with Crippen molar-refractivity contribution in [2.75, 3.05) is 0 Å². The van der Waals surface area contributed by atoms with E-state index in [0.29, 0.717) is 0 Å². The van der Waals surface area contributed by atoms with Crippen LogP contribution in [0.25, 0.3) is 0 Å². The van der Waals surface area contributed by atoms with E-state index in [4.69, 9.17) is 9.52 Å². The molecule has 0 radical (unpaired) electrons. The third-order valence-corrected chi connectivity index (χ3v) is 3.73. The highest BCUT2D eigenvalue weighted by Crippen LogP contribution is 2.13. The second kappa shape index (κ2) is 8.43. The van der Waals surface area contributed by atoms with Gasteiger partial charge in [-0.05, 0) is 30.2 Å². The molecule has 0 spiro atoms. The topological polar surface area (TPSA) is 109 Å². The number of halogens is 2. The lowest BCUT2D eigenvalue weighted by Crippen LogP contribution is -2.49. The molecule has 1 aromatic heterocycles. The summed E-state index contributed by atoms with van der Waals surface area (Å²) >= 11 is 0. The standard InChI is InChI=1S/C18H18F2N2O5/c1-9(2)15(22-16(23)14-11(19)4-3-5-12(14)20)17(24)21-8-10-6-7-13(27-10)18(25)26/h3-7,9,15H,8H2,1-2H3,(H,21,24)(H,22,23)(H,25,26). The number of hydrogen-bond acceptors (Lipinski definition) is 4. The Hall–Kier alpha value is -3.23. The van der Waals surface area contributed by atoms with E-state index in [9.17, 15) is 23.2 Å². The number of hydrogen-bond donors (Lipinski definition) is 3. The second-order valence-electron chi connectivity index (χ2n) is 6.08. The average molecular weight is 380 g/mol. The molecule has 27 heavy (non-hydrogen) atoms. The van der Waals surface area contributed by atoms with Crippen molar-refractivity contribution in [1.82, 2.24) is 10.6 Å². The van der Waals surface area contributed by atoms with E-state index in [0.717, 1.165) is 18.2 Å². The minimum Gasteiger partial charge on any atom is -0.475 e. The molecule has 2 aromatic rings. The van der Waals surface area contributed by atoms with Crippen LogP contribution in [-0.2, 0) is 11.3 Å². The summed E-state index contributed by atoms with van der Waals surface area (Å²) in [4.78, 5) is 35.3. The van der Waals surface area contributed by atoms with E-state index in [1.165, 1.54) is 12.1 Å². The third-order valence-electron chi connectivity index (χ3n) is 3.73. The number of carboxylic acids is 1. The highest BCUT2D eigenvalue weighted by atomic mass is 19.1. The van der Waals surface area contributed by atoms with Crippen molar-refractivity contribution >= 4 is 17.8 Å². The molecule has 3 N–H and O–H groups in total. The van der Waals surface area contributed by atoms with Crippen LogP contribution in [0.3, 0.4) is 0 Å². The molecule has 0 aliphatic heterocycles. The van der Waals surface area contributed by atoms with Crippen molar-refractivity contribution in [3.63, 3.8) is 0 Å². The van der Waals surface area contributed by atoms with Crippen molar-refractivity contribution in [3.05, 3.63) is 59.1 Å². The van der Waals surface area contributed by atoms with Gasteiger partial charge in [0, 0.05) is 0 Å². The van der Waals surface area contributed by atoms with Crippen LogP contribution < -0.4 is 10.6 Å². The zero-order valence-corrected chi connectivity index (χ0v) is 14.6. The molecule has 0 bridgehead atoms. The summed E-state index contributed by atoms with van der Waals surface area (Å²) in [5.41, 5.74) is -0.770. The predicted octanol–water partition coefficient (Wildman–Crippen LogP) is 2.33. The molecule has 0 saturated heterocycles. The minimum atomic E-state index is -1.24. The summed E-state index contributed by atoms with van der Waals surface area (Å²) in [6, 6.07) is 4.58. The van der Waals surface area contributed by atoms with Crippen molar-refractivity contribution in [3.8, 4) is 0 Å². The zero-order valence-electron chi connectivity index (χ0n) is 14.6. The van der Waals surface area contributed by atoms with Crippen molar-refractivity contribution in [2.24, 2.45) is 5.92 Å². The lowest BCUT2D eigenvalue weighted by atomic mass is 10.0. The Bertz CT molecular complexity index is 843. The fraction of sp³-hybridized carbons (Fsp3) is 0.278. The maximum Gasteiger partial charge on any atom is 0.371 e. The van der Waals surface area contributed by atoms with Gasteiger partial charge in [0.15, 0.2) is 0 Å². The van der Waals surface area contributed by atoms with Gasteiger partial charge < -0.3 is 20.2 Å². The van der Waals surface area contributed by atoms with E-state index >= 15 is 0 Å². The van der Waals surface area contributed by atoms with Gasteiger partial charge >= 0.3 is 5.97 Å². The van der Waals surface area contributed by atoms with E-state index in [-0.39, 0.29) is 24.0 Å². The molecule has 144 valence electrons. The molecule has 2 rings (SSSR count). The molecular weight excluding hydrogens is 362 g/mol. The highest BCUT2D eigenvalue weighted by Gasteiger charge is 2.27. The van der Waals surface area contributed by atoms with Gasteiger partial charge in [0.25, 0.3) is 5.91 Å². The van der Waals surface area contributed by atoms with Crippen LogP contribution in [0.2, 0.25) is 0 Å². The molecule has 0 aliphatic carbocycles. The van der Waals surface area contributed by atoms with Gasteiger partial charge in [0.1, 0.15) is 29.0 Å². The highest BCUT2D eigenvalue weighted by molar-refractivity contribution is 5.98. The van der Waals surface area contributed by atoms with Gasteiger partial charge in [-0.3, -0.25) is 9.59 Å². The van der Waals surface area contributed by atoms with Crippen LogP contribution in [0.15, 0.2) is 34.7 Å². The maximum atomic E-state index is 13.7. The number of amides is 2. The van der Waals surface area contributed by atoms with Crippen LogP contribution in [0.5, 0.6) is 0 Å². The van der Waals surface area contributed by atoms with E-state index in [1.807, 2.05) is 0 Å². The third kappa shape index (κ3) is 4.90. The molecule has 1 atom stereocenters. The van der Waals surface area contributed by atoms with Gasteiger partial charge in [0.2, 0.25) is 11.7 Å². The van der Waals surface area contributed by atoms with Crippen LogP contribution in [-0.4, -0.2) is 28.9 Å². The number of aromatic carboxylic acids is 1. The van der Waals surface area contributed by atoms with Gasteiger partial charge in [0.05, 0.1) is 6.54 Å². The molecular formula is C18H18F2N2O5. The fourth-order valence-corrected chi connectivity index (χ4v) is 2.34. The first-order valence-corrected chi connectivity index (χ1v) is 8.05. The van der Waals surface area contributed by atoms with Crippen LogP contribution in [0.4, 0.5) is 8.78 Å². The maximum absolute atomic E-state index is 13.7. The van der Waals surface area contributed by atoms with Gasteiger partial charge in [-0.15, -0.1) is 0 Å². The van der Waals surface area contributed by atoms with Crippen molar-refractivity contribution in [1.29, 1.82) is 0 Å². The summed E-state index contributed by atoms with van der Waals surface area (Å²) in [6.07, 6.45) is 0. The molecule has 9 heteroatoms. The summed E-state index contributed by atoms with van der Waals surface area (Å²) in [7, 11) is 0. The summed E-state index contributed by atoms with van der Waals surface area (Å²) in [5.74, 6) is -5.42. The largest absolute Gasteiger partial charge is 0.475 e. The van der Waals surface area contributed by atoms with E-state index < -0.39 is 41.0 Å². The average Bonchev–Trinajstić information content (AvgIpc) is 3.06. The number of carbonyl (C=O) groups excluding carboxylic acids is 2. The summed E-state index contributed by atoms with van der Waals surface area (Å²) in [5, 5.41) is 13.6. The monoisotopic (exact) mass is 380 g/mol. The van der Waals surface area contributed by atoms with Crippen molar-refractivity contribution in [2.45, 2.75) is 26.4 Å². The number of nitrogens with one attached hydrogen (secondary N) is 2. The number of benzene rings is 1. The fourth-order valence-electron chi connectivity index (χ4n) is 2.34. The predicted molar refractivity (Wildman–Crippen MR) is 90.0 cm³/mol. The Morgan fingerprint density at radius 3 is 2.26 bits per heavy atom. The molecule has 0 saturated carbocycles. The first-order valence-electron chi connectivity index (χ1n) is 8.05. The zero-order chi connectivity index (χ0) is 20.1. The van der Waals surface area contributed by atoms with Gasteiger partial charge in [-0.1, -0.05) is 19.9 Å². The van der Waals surface area contributed by atoms with Gasteiger partial charge in [-0.25, -0.2) is 13.6 Å². The Morgan fingerprint density at radius 2 is 1.74 bits per heavy atom. The SMILES string of the molecule is CC(C)C(NC(=O)c1c(F)cccc1F)C(=O)NCc1ccc(C(=O)O)o1. The lowest BCUT2D eigenvalue weighted by molar-refractivity contribution is -0.124. The van der Waals surface area contributed by atoms with Crippen LogP contribution >= 0.6 is 0 Å². The minimum absolute atomic E-state index is 0.112. The molecule has 7 nitrogen and oxygen atoms in total. The first-order chi connectivity index (χ1) is 12.7. The Kier molecular flexibility index (Phi) is 6.27. The van der Waals surface area contributed by atoms with E-state index in [1.54, 1.807) is 13.8 Å².